The Morgan fingerprint density at radius 3 is 2.31 bits per heavy atom. The molecule has 1 nitrogen and oxygen atoms in total. The SMILES string of the molecule is C#CCCNCC1CCC(C(C)(C)C)CC1. The van der Waals surface area contributed by atoms with Gasteiger partial charge in [0.1, 0.15) is 0 Å². The van der Waals surface area contributed by atoms with Gasteiger partial charge in [0, 0.05) is 13.0 Å². The second-order valence-corrected chi connectivity index (χ2v) is 6.24. The zero-order valence-corrected chi connectivity index (χ0v) is 11.2. The molecule has 1 heteroatoms. The molecule has 0 saturated heterocycles. The van der Waals surface area contributed by atoms with Crippen LogP contribution in [-0.2, 0) is 0 Å². The van der Waals surface area contributed by atoms with E-state index in [1.54, 1.807) is 0 Å². The van der Waals surface area contributed by atoms with Crippen LogP contribution >= 0.6 is 0 Å². The van der Waals surface area contributed by atoms with Crippen LogP contribution in [0.1, 0.15) is 52.9 Å². The third-order valence-corrected chi connectivity index (χ3v) is 3.95. The molecule has 92 valence electrons. The Hall–Kier alpha value is -0.480. The molecule has 0 aliphatic heterocycles. The van der Waals surface area contributed by atoms with Crippen LogP contribution in [0.2, 0.25) is 0 Å². The van der Waals surface area contributed by atoms with Crippen molar-refractivity contribution in [3.8, 4) is 12.3 Å². The van der Waals surface area contributed by atoms with E-state index < -0.39 is 0 Å². The fourth-order valence-corrected chi connectivity index (χ4v) is 2.70. The molecule has 0 spiro atoms. The highest BCUT2D eigenvalue weighted by molar-refractivity contribution is 4.85. The van der Waals surface area contributed by atoms with Crippen molar-refractivity contribution in [1.82, 2.24) is 5.32 Å². The van der Waals surface area contributed by atoms with Crippen LogP contribution in [0.5, 0.6) is 0 Å². The van der Waals surface area contributed by atoms with Gasteiger partial charge >= 0.3 is 0 Å². The van der Waals surface area contributed by atoms with Gasteiger partial charge in [-0.25, -0.2) is 0 Å². The molecule has 1 rings (SSSR count). The van der Waals surface area contributed by atoms with E-state index in [9.17, 15) is 0 Å². The maximum absolute atomic E-state index is 5.22. The van der Waals surface area contributed by atoms with Crippen LogP contribution in [0.4, 0.5) is 0 Å². The molecule has 1 aliphatic carbocycles. The Morgan fingerprint density at radius 1 is 1.19 bits per heavy atom. The molecule has 1 N–H and O–H groups in total. The fraction of sp³-hybridized carbons (Fsp3) is 0.867. The number of hydrogen-bond donors (Lipinski definition) is 1. The normalized spacial score (nSPS) is 26.4. The molecule has 1 fully saturated rings. The second-order valence-electron chi connectivity index (χ2n) is 6.24. The van der Waals surface area contributed by atoms with Crippen LogP contribution in [0.15, 0.2) is 0 Å². The molecule has 0 heterocycles. The van der Waals surface area contributed by atoms with Crippen LogP contribution < -0.4 is 5.32 Å². The lowest BCUT2D eigenvalue weighted by Gasteiger charge is -2.37. The minimum absolute atomic E-state index is 0.502. The average molecular weight is 221 g/mol. The van der Waals surface area contributed by atoms with Gasteiger partial charge in [0.25, 0.3) is 0 Å². The summed E-state index contributed by atoms with van der Waals surface area (Å²) < 4.78 is 0. The van der Waals surface area contributed by atoms with Gasteiger partial charge in [-0.15, -0.1) is 12.3 Å². The van der Waals surface area contributed by atoms with E-state index >= 15 is 0 Å². The van der Waals surface area contributed by atoms with Crippen LogP contribution in [0.3, 0.4) is 0 Å². The molecule has 16 heavy (non-hydrogen) atoms. The molecule has 0 bridgehead atoms. The summed E-state index contributed by atoms with van der Waals surface area (Å²) in [4.78, 5) is 0. The lowest BCUT2D eigenvalue weighted by Crippen LogP contribution is -2.31. The van der Waals surface area contributed by atoms with Crippen molar-refractivity contribution in [3.63, 3.8) is 0 Å². The van der Waals surface area contributed by atoms with Gasteiger partial charge in [0.15, 0.2) is 0 Å². The summed E-state index contributed by atoms with van der Waals surface area (Å²) in [7, 11) is 0. The molecule has 0 aromatic heterocycles. The van der Waals surface area contributed by atoms with Gasteiger partial charge in [-0.2, -0.15) is 0 Å². The molecule has 0 aromatic rings. The molecule has 0 atom stereocenters. The lowest BCUT2D eigenvalue weighted by atomic mass is 9.70. The minimum atomic E-state index is 0.502. The first kappa shape index (κ1) is 13.6. The fourth-order valence-electron chi connectivity index (χ4n) is 2.70. The van der Waals surface area contributed by atoms with E-state index in [0.29, 0.717) is 5.41 Å². The molecule has 1 aliphatic rings. The smallest absolute Gasteiger partial charge is 0.0211 e. The Kier molecular flexibility index (Phi) is 5.35. The van der Waals surface area contributed by atoms with Gasteiger partial charge in [-0.05, 0) is 49.5 Å². The molecule has 0 unspecified atom stereocenters. The first-order valence-electron chi connectivity index (χ1n) is 6.68. The van der Waals surface area contributed by atoms with Crippen molar-refractivity contribution >= 4 is 0 Å². The van der Waals surface area contributed by atoms with Gasteiger partial charge in [-0.3, -0.25) is 0 Å². The first-order chi connectivity index (χ1) is 7.54. The standard InChI is InChI=1S/C15H27N/c1-5-6-11-16-12-13-7-9-14(10-8-13)15(2,3)4/h1,13-14,16H,6-12H2,2-4H3. The van der Waals surface area contributed by atoms with Gasteiger partial charge < -0.3 is 5.32 Å². The molecular formula is C15H27N. The average Bonchev–Trinajstić information content (AvgIpc) is 2.24. The summed E-state index contributed by atoms with van der Waals surface area (Å²) in [5, 5.41) is 3.47. The summed E-state index contributed by atoms with van der Waals surface area (Å²) in [6, 6.07) is 0. The molecule has 0 aromatic carbocycles. The molecule has 1 saturated carbocycles. The minimum Gasteiger partial charge on any atom is -0.316 e. The van der Waals surface area contributed by atoms with E-state index in [4.69, 9.17) is 6.42 Å². The Balaban J connectivity index is 2.15. The highest BCUT2D eigenvalue weighted by atomic mass is 14.8. The van der Waals surface area contributed by atoms with E-state index in [-0.39, 0.29) is 0 Å². The highest BCUT2D eigenvalue weighted by Gasteiger charge is 2.29. The van der Waals surface area contributed by atoms with Crippen molar-refractivity contribution in [1.29, 1.82) is 0 Å². The van der Waals surface area contributed by atoms with Gasteiger partial charge in [-0.1, -0.05) is 20.8 Å². The van der Waals surface area contributed by atoms with Crippen molar-refractivity contribution in [2.45, 2.75) is 52.9 Å². The predicted octanol–water partition coefficient (Wildman–Crippen LogP) is 3.45. The maximum atomic E-state index is 5.22. The highest BCUT2D eigenvalue weighted by Crippen LogP contribution is 2.39. The number of hydrogen-bond acceptors (Lipinski definition) is 1. The summed E-state index contributed by atoms with van der Waals surface area (Å²) in [5.41, 5.74) is 0.502. The van der Waals surface area contributed by atoms with Crippen molar-refractivity contribution in [2.24, 2.45) is 17.3 Å². The lowest BCUT2D eigenvalue weighted by molar-refractivity contribution is 0.149. The maximum Gasteiger partial charge on any atom is 0.0211 e. The molecule has 0 amide bonds. The largest absolute Gasteiger partial charge is 0.316 e. The number of terminal acetylenes is 1. The number of nitrogens with one attached hydrogen (secondary N) is 1. The summed E-state index contributed by atoms with van der Waals surface area (Å²) >= 11 is 0. The summed E-state index contributed by atoms with van der Waals surface area (Å²) in [6.07, 6.45) is 11.7. The van der Waals surface area contributed by atoms with Crippen LogP contribution in [0, 0.1) is 29.6 Å². The Morgan fingerprint density at radius 2 is 1.81 bits per heavy atom. The van der Waals surface area contributed by atoms with E-state index in [1.807, 2.05) is 0 Å². The quantitative estimate of drug-likeness (QED) is 0.566. The predicted molar refractivity (Wildman–Crippen MR) is 71.2 cm³/mol. The Labute approximate surface area is 101 Å². The Bertz CT molecular complexity index is 223. The van der Waals surface area contributed by atoms with Gasteiger partial charge in [0.05, 0.1) is 0 Å². The third kappa shape index (κ3) is 4.58. The zero-order valence-electron chi connectivity index (χ0n) is 11.2. The van der Waals surface area contributed by atoms with Crippen molar-refractivity contribution in [2.75, 3.05) is 13.1 Å². The van der Waals surface area contributed by atoms with E-state index in [1.165, 1.54) is 32.2 Å². The zero-order chi connectivity index (χ0) is 12.0. The van der Waals surface area contributed by atoms with Crippen LogP contribution in [0.25, 0.3) is 0 Å². The van der Waals surface area contributed by atoms with E-state index in [2.05, 4.69) is 32.0 Å². The second kappa shape index (κ2) is 6.30. The third-order valence-electron chi connectivity index (χ3n) is 3.95. The number of rotatable bonds is 4. The van der Waals surface area contributed by atoms with Crippen molar-refractivity contribution in [3.05, 3.63) is 0 Å². The summed E-state index contributed by atoms with van der Waals surface area (Å²) in [5.74, 6) is 4.48. The van der Waals surface area contributed by atoms with Crippen LogP contribution in [-0.4, -0.2) is 13.1 Å². The molecular weight excluding hydrogens is 194 g/mol. The topological polar surface area (TPSA) is 12.0 Å². The monoisotopic (exact) mass is 221 g/mol. The first-order valence-corrected chi connectivity index (χ1v) is 6.68. The van der Waals surface area contributed by atoms with E-state index in [0.717, 1.165) is 24.8 Å². The van der Waals surface area contributed by atoms with Gasteiger partial charge in [0.2, 0.25) is 0 Å². The summed E-state index contributed by atoms with van der Waals surface area (Å²) in [6.45, 7) is 9.28. The molecule has 0 radical (unpaired) electrons. The van der Waals surface area contributed by atoms with Crippen molar-refractivity contribution < 1.29 is 0 Å².